The SMILES string of the molecule is CCCC(=O)N1Cc2ccnn2[C@@H](C(=O)NC2CCCC2)C1. The van der Waals surface area contributed by atoms with Crippen LogP contribution in [0.3, 0.4) is 0 Å². The number of hydrogen-bond donors (Lipinski definition) is 1. The Labute approximate surface area is 130 Å². The molecule has 1 saturated carbocycles. The molecule has 6 nitrogen and oxygen atoms in total. The van der Waals surface area contributed by atoms with Gasteiger partial charge in [-0.05, 0) is 25.3 Å². The van der Waals surface area contributed by atoms with Gasteiger partial charge in [0.05, 0.1) is 18.8 Å². The number of nitrogens with zero attached hydrogens (tertiary/aromatic N) is 3. The summed E-state index contributed by atoms with van der Waals surface area (Å²) in [6, 6.07) is 1.77. The van der Waals surface area contributed by atoms with Gasteiger partial charge in [0.2, 0.25) is 11.8 Å². The molecule has 0 aromatic carbocycles. The zero-order chi connectivity index (χ0) is 15.5. The highest BCUT2D eigenvalue weighted by Gasteiger charge is 2.33. The van der Waals surface area contributed by atoms with Gasteiger partial charge in [-0.1, -0.05) is 19.8 Å². The van der Waals surface area contributed by atoms with Crippen LogP contribution in [0.1, 0.15) is 57.2 Å². The highest BCUT2D eigenvalue weighted by atomic mass is 16.2. The fourth-order valence-corrected chi connectivity index (χ4v) is 3.42. The predicted molar refractivity (Wildman–Crippen MR) is 82.0 cm³/mol. The van der Waals surface area contributed by atoms with Gasteiger partial charge in [0.15, 0.2) is 0 Å². The van der Waals surface area contributed by atoms with Crippen molar-refractivity contribution in [1.29, 1.82) is 0 Å². The number of amides is 2. The smallest absolute Gasteiger partial charge is 0.246 e. The van der Waals surface area contributed by atoms with Crippen LogP contribution < -0.4 is 5.32 Å². The summed E-state index contributed by atoms with van der Waals surface area (Å²) in [7, 11) is 0. The van der Waals surface area contributed by atoms with Crippen LogP contribution in [0.4, 0.5) is 0 Å². The number of nitrogens with one attached hydrogen (secondary N) is 1. The quantitative estimate of drug-likeness (QED) is 0.919. The maximum absolute atomic E-state index is 12.6. The number of hydrogen-bond acceptors (Lipinski definition) is 3. The van der Waals surface area contributed by atoms with Crippen molar-refractivity contribution in [3.63, 3.8) is 0 Å². The van der Waals surface area contributed by atoms with E-state index in [-0.39, 0.29) is 17.9 Å². The van der Waals surface area contributed by atoms with Crippen molar-refractivity contribution in [1.82, 2.24) is 20.0 Å². The first-order valence-electron chi connectivity index (χ1n) is 8.29. The summed E-state index contributed by atoms with van der Waals surface area (Å²) in [6.45, 7) is 2.97. The molecule has 0 unspecified atom stereocenters. The van der Waals surface area contributed by atoms with E-state index in [1.165, 1.54) is 12.8 Å². The van der Waals surface area contributed by atoms with Crippen LogP contribution in [0.25, 0.3) is 0 Å². The minimum atomic E-state index is -0.403. The Kier molecular flexibility index (Phi) is 4.45. The molecule has 6 heteroatoms. The third-order valence-corrected chi connectivity index (χ3v) is 4.61. The molecule has 3 rings (SSSR count). The fourth-order valence-electron chi connectivity index (χ4n) is 3.42. The number of aromatic nitrogens is 2. The topological polar surface area (TPSA) is 67.2 Å². The van der Waals surface area contributed by atoms with Crippen LogP contribution in [0.5, 0.6) is 0 Å². The van der Waals surface area contributed by atoms with Gasteiger partial charge in [-0.15, -0.1) is 0 Å². The Hall–Kier alpha value is -1.85. The molecule has 0 radical (unpaired) electrons. The lowest BCUT2D eigenvalue weighted by Crippen LogP contribution is -2.48. The molecule has 1 aliphatic carbocycles. The van der Waals surface area contributed by atoms with Gasteiger partial charge >= 0.3 is 0 Å². The molecule has 1 aliphatic heterocycles. The number of carbonyl (C=O) groups excluding carboxylic acids is 2. The first-order chi connectivity index (χ1) is 10.7. The predicted octanol–water partition coefficient (Wildman–Crippen LogP) is 1.63. The summed E-state index contributed by atoms with van der Waals surface area (Å²) in [6.07, 6.45) is 7.55. The highest BCUT2D eigenvalue weighted by molar-refractivity contribution is 5.83. The third-order valence-electron chi connectivity index (χ3n) is 4.61. The number of rotatable bonds is 4. The summed E-state index contributed by atoms with van der Waals surface area (Å²) in [5, 5.41) is 7.42. The van der Waals surface area contributed by atoms with E-state index in [1.807, 2.05) is 13.0 Å². The fraction of sp³-hybridized carbons (Fsp3) is 0.688. The average Bonchev–Trinajstić information content (AvgIpc) is 3.16. The van der Waals surface area contributed by atoms with E-state index < -0.39 is 6.04 Å². The van der Waals surface area contributed by atoms with Gasteiger partial charge < -0.3 is 10.2 Å². The minimum absolute atomic E-state index is 0.00847. The third kappa shape index (κ3) is 3.00. The van der Waals surface area contributed by atoms with E-state index >= 15 is 0 Å². The first kappa shape index (κ1) is 15.1. The van der Waals surface area contributed by atoms with Crippen molar-refractivity contribution in [2.24, 2.45) is 0 Å². The second kappa shape index (κ2) is 6.50. The van der Waals surface area contributed by atoms with E-state index in [1.54, 1.807) is 15.8 Å². The van der Waals surface area contributed by atoms with Gasteiger partial charge in [-0.25, -0.2) is 0 Å². The van der Waals surface area contributed by atoms with Gasteiger partial charge in [-0.2, -0.15) is 5.10 Å². The molecule has 1 aromatic heterocycles. The lowest BCUT2D eigenvalue weighted by atomic mass is 10.1. The second-order valence-corrected chi connectivity index (χ2v) is 6.30. The first-order valence-corrected chi connectivity index (χ1v) is 8.29. The van der Waals surface area contributed by atoms with Crippen molar-refractivity contribution in [3.8, 4) is 0 Å². The summed E-state index contributed by atoms with van der Waals surface area (Å²) < 4.78 is 1.78. The Morgan fingerprint density at radius 3 is 2.86 bits per heavy atom. The largest absolute Gasteiger partial charge is 0.351 e. The molecule has 120 valence electrons. The van der Waals surface area contributed by atoms with E-state index in [2.05, 4.69) is 10.4 Å². The molecule has 22 heavy (non-hydrogen) atoms. The molecular formula is C16H24N4O2. The van der Waals surface area contributed by atoms with E-state index in [4.69, 9.17) is 0 Å². The Morgan fingerprint density at radius 1 is 1.36 bits per heavy atom. The molecule has 2 heterocycles. The normalized spacial score (nSPS) is 21.7. The summed E-state index contributed by atoms with van der Waals surface area (Å²) >= 11 is 0. The lowest BCUT2D eigenvalue weighted by molar-refractivity contribution is -0.135. The summed E-state index contributed by atoms with van der Waals surface area (Å²) in [4.78, 5) is 26.6. The Bertz CT molecular complexity index is 548. The highest BCUT2D eigenvalue weighted by Crippen LogP contribution is 2.23. The molecule has 1 N–H and O–H groups in total. The molecule has 1 atom stereocenters. The van der Waals surface area contributed by atoms with Gasteiger partial charge in [0.1, 0.15) is 6.04 Å². The van der Waals surface area contributed by atoms with Crippen LogP contribution in [-0.4, -0.2) is 39.1 Å². The van der Waals surface area contributed by atoms with Crippen LogP contribution in [0.2, 0.25) is 0 Å². The van der Waals surface area contributed by atoms with E-state index in [0.717, 1.165) is 25.0 Å². The van der Waals surface area contributed by atoms with Crippen LogP contribution in [0.15, 0.2) is 12.3 Å². The summed E-state index contributed by atoms with van der Waals surface area (Å²) in [5.74, 6) is 0.111. The Morgan fingerprint density at radius 2 is 2.14 bits per heavy atom. The van der Waals surface area contributed by atoms with Crippen LogP contribution in [0, 0.1) is 0 Å². The molecule has 2 aliphatic rings. The van der Waals surface area contributed by atoms with E-state index in [9.17, 15) is 9.59 Å². The Balaban J connectivity index is 1.74. The molecule has 2 amide bonds. The zero-order valence-corrected chi connectivity index (χ0v) is 13.1. The molecular weight excluding hydrogens is 280 g/mol. The standard InChI is InChI=1S/C16H24N4O2/c1-2-5-15(21)19-10-13-8-9-17-20(13)14(11-19)16(22)18-12-6-3-4-7-12/h8-9,12,14H,2-7,10-11H2,1H3,(H,18,22)/t14-/m1/s1. The molecule has 0 saturated heterocycles. The molecule has 0 bridgehead atoms. The van der Waals surface area contributed by atoms with Crippen molar-refractivity contribution in [3.05, 3.63) is 18.0 Å². The van der Waals surface area contributed by atoms with Crippen LogP contribution in [-0.2, 0) is 16.1 Å². The second-order valence-electron chi connectivity index (χ2n) is 6.30. The molecule has 1 fully saturated rings. The van der Waals surface area contributed by atoms with Gasteiger partial charge in [-0.3, -0.25) is 14.3 Å². The number of carbonyl (C=O) groups is 2. The van der Waals surface area contributed by atoms with E-state index in [0.29, 0.717) is 19.5 Å². The lowest BCUT2D eigenvalue weighted by Gasteiger charge is -2.33. The molecule has 1 aromatic rings. The van der Waals surface area contributed by atoms with Crippen LogP contribution >= 0.6 is 0 Å². The maximum Gasteiger partial charge on any atom is 0.246 e. The summed E-state index contributed by atoms with van der Waals surface area (Å²) in [5.41, 5.74) is 0.933. The van der Waals surface area contributed by atoms with Crippen molar-refractivity contribution < 1.29 is 9.59 Å². The average molecular weight is 304 g/mol. The van der Waals surface area contributed by atoms with Crippen molar-refractivity contribution in [2.45, 2.75) is 64.1 Å². The minimum Gasteiger partial charge on any atom is -0.351 e. The number of fused-ring (bicyclic) bond motifs is 1. The van der Waals surface area contributed by atoms with Crippen molar-refractivity contribution in [2.75, 3.05) is 6.54 Å². The van der Waals surface area contributed by atoms with Gasteiger partial charge in [0.25, 0.3) is 0 Å². The van der Waals surface area contributed by atoms with Gasteiger partial charge in [0, 0.05) is 18.7 Å². The molecule has 0 spiro atoms. The maximum atomic E-state index is 12.6. The monoisotopic (exact) mass is 304 g/mol. The van der Waals surface area contributed by atoms with Crippen molar-refractivity contribution >= 4 is 11.8 Å². The zero-order valence-electron chi connectivity index (χ0n) is 13.1.